The van der Waals surface area contributed by atoms with Crippen LogP contribution < -0.4 is 15.2 Å². The molecule has 1 aliphatic rings. The fourth-order valence-electron chi connectivity index (χ4n) is 1.13. The molecule has 0 aliphatic carbocycles. The Morgan fingerprint density at radius 3 is 2.58 bits per heavy atom. The van der Waals surface area contributed by atoms with Gasteiger partial charge in [-0.05, 0) is 24.9 Å². The molecule has 1 aliphatic heterocycles. The number of rotatable bonds is 4. The van der Waals surface area contributed by atoms with E-state index in [-0.39, 0.29) is 0 Å². The van der Waals surface area contributed by atoms with Crippen molar-refractivity contribution in [2.24, 2.45) is 17.0 Å². The zero-order valence-electron chi connectivity index (χ0n) is 7.08. The quantitative estimate of drug-likeness (QED) is 0.515. The lowest BCUT2D eigenvalue weighted by Gasteiger charge is -2.32. The van der Waals surface area contributed by atoms with Crippen LogP contribution in [0, 0.1) is 11.8 Å². The first-order valence-corrected chi connectivity index (χ1v) is 5.52. The molecule has 4 N–H and O–H groups in total. The normalized spacial score (nSPS) is 21.8. The van der Waals surface area contributed by atoms with Crippen molar-refractivity contribution < 1.29 is 8.42 Å². The summed E-state index contributed by atoms with van der Waals surface area (Å²) in [6, 6.07) is 0. The van der Waals surface area contributed by atoms with E-state index in [1.54, 1.807) is 0 Å². The van der Waals surface area contributed by atoms with Crippen LogP contribution in [-0.2, 0) is 10.2 Å². The Labute approximate surface area is 72.9 Å². The molecule has 0 aromatic carbocycles. The Morgan fingerprint density at radius 1 is 1.67 bits per heavy atom. The summed E-state index contributed by atoms with van der Waals surface area (Å²) in [6.45, 7) is 4.41. The molecule has 0 bridgehead atoms. The van der Waals surface area contributed by atoms with Gasteiger partial charge in [0.25, 0.3) is 10.2 Å². The van der Waals surface area contributed by atoms with Gasteiger partial charge in [0.1, 0.15) is 0 Å². The van der Waals surface area contributed by atoms with Crippen LogP contribution in [0.5, 0.6) is 0 Å². The van der Waals surface area contributed by atoms with Crippen molar-refractivity contribution in [3.8, 4) is 0 Å². The van der Waals surface area contributed by atoms with Crippen LogP contribution in [0.1, 0.15) is 6.92 Å². The van der Waals surface area contributed by atoms with E-state index in [9.17, 15) is 8.42 Å². The first kappa shape index (κ1) is 9.91. The number of hydrogen-bond donors (Lipinski definition) is 3. The highest BCUT2D eigenvalue weighted by atomic mass is 32.2. The van der Waals surface area contributed by atoms with Gasteiger partial charge < -0.3 is 5.32 Å². The standard InChI is InChI=1S/C6H15N3O2S/c1-5(6-3-8-4-6)2-9-12(7,10)11/h5-6,8-9H,2-4H2,1H3,(H2,7,10,11). The molecule has 1 rings (SSSR count). The van der Waals surface area contributed by atoms with Crippen molar-refractivity contribution in [3.63, 3.8) is 0 Å². The van der Waals surface area contributed by atoms with Gasteiger partial charge in [-0.15, -0.1) is 0 Å². The predicted octanol–water partition coefficient (Wildman–Crippen LogP) is -1.36. The van der Waals surface area contributed by atoms with Gasteiger partial charge >= 0.3 is 0 Å². The van der Waals surface area contributed by atoms with E-state index >= 15 is 0 Å². The summed E-state index contributed by atoms with van der Waals surface area (Å²) in [5.41, 5.74) is 0. The molecule has 1 unspecified atom stereocenters. The van der Waals surface area contributed by atoms with Gasteiger partial charge in [0.05, 0.1) is 0 Å². The molecular weight excluding hydrogens is 178 g/mol. The van der Waals surface area contributed by atoms with Crippen LogP contribution in [0.25, 0.3) is 0 Å². The fourth-order valence-corrected chi connectivity index (χ4v) is 1.62. The Balaban J connectivity index is 2.22. The van der Waals surface area contributed by atoms with Crippen molar-refractivity contribution in [2.75, 3.05) is 19.6 Å². The lowest BCUT2D eigenvalue weighted by Crippen LogP contribution is -2.48. The topological polar surface area (TPSA) is 84.2 Å². The van der Waals surface area contributed by atoms with Crippen LogP contribution in [0.2, 0.25) is 0 Å². The highest BCUT2D eigenvalue weighted by Crippen LogP contribution is 2.14. The van der Waals surface area contributed by atoms with E-state index in [2.05, 4.69) is 10.0 Å². The van der Waals surface area contributed by atoms with Crippen LogP contribution in [0.4, 0.5) is 0 Å². The number of hydrogen-bond acceptors (Lipinski definition) is 3. The summed E-state index contributed by atoms with van der Waals surface area (Å²) in [7, 11) is -3.51. The minimum atomic E-state index is -3.51. The van der Waals surface area contributed by atoms with Crippen LogP contribution in [0.15, 0.2) is 0 Å². The summed E-state index contributed by atoms with van der Waals surface area (Å²) < 4.78 is 23.3. The molecule has 1 atom stereocenters. The molecule has 1 heterocycles. The third-order valence-electron chi connectivity index (χ3n) is 2.22. The first-order chi connectivity index (χ1) is 5.49. The Bertz CT molecular complexity index is 235. The van der Waals surface area contributed by atoms with Crippen molar-refractivity contribution >= 4 is 10.2 Å². The minimum Gasteiger partial charge on any atom is -0.316 e. The SMILES string of the molecule is CC(CNS(N)(=O)=O)C1CNC1. The molecule has 0 spiro atoms. The van der Waals surface area contributed by atoms with E-state index in [4.69, 9.17) is 5.14 Å². The second kappa shape index (κ2) is 3.69. The average Bonchev–Trinajstić information content (AvgIpc) is 1.78. The highest BCUT2D eigenvalue weighted by Gasteiger charge is 2.23. The van der Waals surface area contributed by atoms with E-state index in [1.807, 2.05) is 6.92 Å². The second-order valence-electron chi connectivity index (χ2n) is 3.29. The van der Waals surface area contributed by atoms with Crippen molar-refractivity contribution in [2.45, 2.75) is 6.92 Å². The largest absolute Gasteiger partial charge is 0.316 e. The van der Waals surface area contributed by atoms with Crippen LogP contribution >= 0.6 is 0 Å². The maximum absolute atomic E-state index is 10.5. The summed E-state index contributed by atoms with van der Waals surface area (Å²) in [5.74, 6) is 0.934. The molecule has 5 nitrogen and oxygen atoms in total. The van der Waals surface area contributed by atoms with Gasteiger partial charge in [-0.3, -0.25) is 0 Å². The first-order valence-electron chi connectivity index (χ1n) is 3.97. The molecule has 0 saturated carbocycles. The molecule has 72 valence electrons. The summed E-state index contributed by atoms with van der Waals surface area (Å²) in [6.07, 6.45) is 0. The van der Waals surface area contributed by atoms with Crippen molar-refractivity contribution in [1.82, 2.24) is 10.0 Å². The zero-order chi connectivity index (χ0) is 9.19. The molecule has 1 fully saturated rings. The molecule has 12 heavy (non-hydrogen) atoms. The summed E-state index contributed by atoms with van der Waals surface area (Å²) in [5, 5.41) is 7.92. The van der Waals surface area contributed by atoms with Gasteiger partial charge in [-0.2, -0.15) is 8.42 Å². The maximum Gasteiger partial charge on any atom is 0.274 e. The second-order valence-corrected chi connectivity index (χ2v) is 4.67. The number of nitrogens with one attached hydrogen (secondary N) is 2. The van der Waals surface area contributed by atoms with E-state index in [0.29, 0.717) is 18.4 Å². The monoisotopic (exact) mass is 193 g/mol. The molecule has 1 saturated heterocycles. The molecule has 0 radical (unpaired) electrons. The highest BCUT2D eigenvalue weighted by molar-refractivity contribution is 7.87. The number of nitrogens with two attached hydrogens (primary N) is 1. The van der Waals surface area contributed by atoms with Crippen molar-refractivity contribution in [3.05, 3.63) is 0 Å². The summed E-state index contributed by atoms with van der Waals surface area (Å²) >= 11 is 0. The van der Waals surface area contributed by atoms with Gasteiger partial charge in [-0.25, -0.2) is 9.86 Å². The lowest BCUT2D eigenvalue weighted by atomic mass is 9.89. The smallest absolute Gasteiger partial charge is 0.274 e. The molecule has 0 aromatic rings. The lowest BCUT2D eigenvalue weighted by molar-refractivity contribution is 0.250. The van der Waals surface area contributed by atoms with E-state index in [1.165, 1.54) is 0 Å². The van der Waals surface area contributed by atoms with Crippen LogP contribution in [0.3, 0.4) is 0 Å². The van der Waals surface area contributed by atoms with Crippen LogP contribution in [-0.4, -0.2) is 28.1 Å². The van der Waals surface area contributed by atoms with Gasteiger partial charge in [0.2, 0.25) is 0 Å². The van der Waals surface area contributed by atoms with Crippen molar-refractivity contribution in [1.29, 1.82) is 0 Å². The fraction of sp³-hybridized carbons (Fsp3) is 1.00. The molecule has 0 amide bonds. The Kier molecular flexibility index (Phi) is 3.05. The predicted molar refractivity (Wildman–Crippen MR) is 46.6 cm³/mol. The van der Waals surface area contributed by atoms with E-state index < -0.39 is 10.2 Å². The summed E-state index contributed by atoms with van der Waals surface area (Å²) in [4.78, 5) is 0. The van der Waals surface area contributed by atoms with Gasteiger partial charge in [0, 0.05) is 6.54 Å². The zero-order valence-corrected chi connectivity index (χ0v) is 7.89. The average molecular weight is 193 g/mol. The van der Waals surface area contributed by atoms with Gasteiger partial charge in [-0.1, -0.05) is 6.92 Å². The third kappa shape index (κ3) is 3.06. The molecule has 0 aromatic heterocycles. The molecular formula is C6H15N3O2S. The Hall–Kier alpha value is -0.170. The van der Waals surface area contributed by atoms with E-state index in [0.717, 1.165) is 13.1 Å². The Morgan fingerprint density at radius 2 is 2.25 bits per heavy atom. The molecule has 6 heteroatoms. The van der Waals surface area contributed by atoms with Gasteiger partial charge in [0.15, 0.2) is 0 Å². The maximum atomic E-state index is 10.5. The minimum absolute atomic E-state index is 0.351. The third-order valence-corrected chi connectivity index (χ3v) is 2.79.